The number of likely N-dealkylation sites (tertiary alicyclic amines) is 1. The first-order valence-electron chi connectivity index (χ1n) is 12.0. The number of carbonyl (C=O) groups excluding carboxylic acids is 2. The second kappa shape index (κ2) is 10.8. The Balaban J connectivity index is 1.69. The van der Waals surface area contributed by atoms with Crippen LogP contribution < -0.4 is 9.64 Å². The predicted octanol–water partition coefficient (Wildman–Crippen LogP) is 2.12. The van der Waals surface area contributed by atoms with Crippen LogP contribution in [-0.2, 0) is 14.3 Å². The van der Waals surface area contributed by atoms with Crippen molar-refractivity contribution < 1.29 is 29.1 Å². The Hall–Kier alpha value is -3.16. The quantitative estimate of drug-likeness (QED) is 0.355. The van der Waals surface area contributed by atoms with E-state index in [4.69, 9.17) is 9.47 Å². The topological polar surface area (TPSA) is 80.5 Å². The zero-order chi connectivity index (χ0) is 24.1. The maximum Gasteiger partial charge on any atom is 0.295 e. The summed E-state index contributed by atoms with van der Waals surface area (Å²) in [7, 11) is 0. The number of hydrogen-bond acceptors (Lipinski definition) is 5. The van der Waals surface area contributed by atoms with E-state index in [-0.39, 0.29) is 11.3 Å². The molecular formula is C27H33N2O5+. The number of hydrogen-bond donors (Lipinski definition) is 2. The van der Waals surface area contributed by atoms with Crippen LogP contribution in [0.4, 0.5) is 0 Å². The van der Waals surface area contributed by atoms with Crippen molar-refractivity contribution >= 4 is 17.4 Å². The van der Waals surface area contributed by atoms with Crippen molar-refractivity contribution in [3.8, 4) is 5.75 Å². The maximum atomic E-state index is 13.2. The largest absolute Gasteiger partial charge is 0.507 e. The van der Waals surface area contributed by atoms with Gasteiger partial charge in [0.15, 0.2) is 0 Å². The molecule has 2 heterocycles. The number of morpholine rings is 1. The van der Waals surface area contributed by atoms with Crippen LogP contribution in [0, 0.1) is 6.92 Å². The molecule has 2 saturated heterocycles. The number of nitrogens with one attached hydrogen (secondary N) is 1. The van der Waals surface area contributed by atoms with Gasteiger partial charge in [0, 0.05) is 5.56 Å². The van der Waals surface area contributed by atoms with Crippen LogP contribution in [0.3, 0.4) is 0 Å². The standard InChI is InChI=1S/C27H32N2O5/c1-3-16-34-22-10-8-20(9-11-22)24-23(25(30)21-6-4-19(2)5-7-21)26(31)27(32)29(24)13-12-28-14-17-33-18-15-28/h4-11,24,30H,3,12-18H2,1-2H3/p+1/t24-/m1/s1. The van der Waals surface area contributed by atoms with Crippen molar-refractivity contribution in [2.24, 2.45) is 0 Å². The molecule has 0 spiro atoms. The molecule has 0 saturated carbocycles. The summed E-state index contributed by atoms with van der Waals surface area (Å²) in [5, 5.41) is 11.2. The lowest BCUT2D eigenvalue weighted by atomic mass is 9.95. The van der Waals surface area contributed by atoms with E-state index in [1.165, 1.54) is 4.90 Å². The molecule has 0 aliphatic carbocycles. The highest BCUT2D eigenvalue weighted by molar-refractivity contribution is 6.46. The van der Waals surface area contributed by atoms with Gasteiger partial charge in [-0.2, -0.15) is 0 Å². The van der Waals surface area contributed by atoms with Gasteiger partial charge in [0.1, 0.15) is 24.6 Å². The zero-order valence-electron chi connectivity index (χ0n) is 19.9. The predicted molar refractivity (Wildman–Crippen MR) is 129 cm³/mol. The highest BCUT2D eigenvalue weighted by Gasteiger charge is 2.46. The van der Waals surface area contributed by atoms with E-state index < -0.39 is 17.7 Å². The molecule has 2 fully saturated rings. The van der Waals surface area contributed by atoms with Crippen LogP contribution in [0.5, 0.6) is 5.75 Å². The number of aliphatic hydroxyl groups excluding tert-OH is 1. The lowest BCUT2D eigenvalue weighted by Gasteiger charge is -2.29. The highest BCUT2D eigenvalue weighted by Crippen LogP contribution is 2.39. The second-order valence-electron chi connectivity index (χ2n) is 8.89. The third kappa shape index (κ3) is 5.16. The first-order valence-corrected chi connectivity index (χ1v) is 12.0. The fraction of sp³-hybridized carbons (Fsp3) is 0.407. The Labute approximate surface area is 200 Å². The Morgan fingerprint density at radius 2 is 1.76 bits per heavy atom. The molecule has 0 aromatic heterocycles. The summed E-state index contributed by atoms with van der Waals surface area (Å²) in [6.45, 7) is 8.91. The van der Waals surface area contributed by atoms with Crippen molar-refractivity contribution in [1.29, 1.82) is 0 Å². The van der Waals surface area contributed by atoms with E-state index in [0.29, 0.717) is 31.9 Å². The minimum absolute atomic E-state index is 0.132. The summed E-state index contributed by atoms with van der Waals surface area (Å²) >= 11 is 0. The van der Waals surface area contributed by atoms with E-state index in [0.717, 1.165) is 42.9 Å². The molecule has 1 atom stereocenters. The summed E-state index contributed by atoms with van der Waals surface area (Å²) in [5.74, 6) is -0.626. The average molecular weight is 466 g/mol. The zero-order valence-corrected chi connectivity index (χ0v) is 19.9. The SMILES string of the molecule is CCCOc1ccc([C@@H]2C(=C(O)c3ccc(C)cc3)C(=O)C(=O)N2CC[NH+]2CCOCC2)cc1. The van der Waals surface area contributed by atoms with Crippen LogP contribution in [0.25, 0.3) is 5.76 Å². The highest BCUT2D eigenvalue weighted by atomic mass is 16.5. The van der Waals surface area contributed by atoms with Crippen LogP contribution in [0.1, 0.15) is 36.1 Å². The van der Waals surface area contributed by atoms with Gasteiger partial charge in [-0.15, -0.1) is 0 Å². The molecule has 7 heteroatoms. The van der Waals surface area contributed by atoms with Crippen LogP contribution in [0.2, 0.25) is 0 Å². The molecule has 7 nitrogen and oxygen atoms in total. The molecular weight excluding hydrogens is 432 g/mol. The number of ether oxygens (including phenoxy) is 2. The van der Waals surface area contributed by atoms with Gasteiger partial charge in [0.25, 0.3) is 11.7 Å². The molecule has 0 bridgehead atoms. The van der Waals surface area contributed by atoms with Crippen LogP contribution >= 0.6 is 0 Å². The van der Waals surface area contributed by atoms with Crippen LogP contribution in [-0.4, -0.2) is 67.7 Å². The molecule has 2 aliphatic rings. The van der Waals surface area contributed by atoms with Gasteiger partial charge in [-0.25, -0.2) is 0 Å². The number of carbonyl (C=O) groups is 2. The Morgan fingerprint density at radius 3 is 2.41 bits per heavy atom. The summed E-state index contributed by atoms with van der Waals surface area (Å²) in [6.07, 6.45) is 0.905. The van der Waals surface area contributed by atoms with E-state index >= 15 is 0 Å². The molecule has 2 aliphatic heterocycles. The number of nitrogens with zero attached hydrogens (tertiary/aromatic N) is 1. The normalized spacial score (nSPS) is 20.6. The fourth-order valence-electron chi connectivity index (χ4n) is 4.48. The average Bonchev–Trinajstić information content (AvgIpc) is 3.12. The van der Waals surface area contributed by atoms with Gasteiger partial charge in [-0.1, -0.05) is 48.9 Å². The number of quaternary nitrogens is 1. The molecule has 2 aromatic carbocycles. The van der Waals surface area contributed by atoms with E-state index in [2.05, 4.69) is 0 Å². The molecule has 2 N–H and O–H groups in total. The number of Topliss-reactive ketones (excluding diaryl/α,β-unsaturated/α-hetero) is 1. The number of ketones is 1. The second-order valence-corrected chi connectivity index (χ2v) is 8.89. The van der Waals surface area contributed by atoms with Gasteiger partial charge < -0.3 is 24.4 Å². The fourth-order valence-corrected chi connectivity index (χ4v) is 4.48. The van der Waals surface area contributed by atoms with Crippen molar-refractivity contribution in [1.82, 2.24) is 4.90 Å². The van der Waals surface area contributed by atoms with E-state index in [9.17, 15) is 14.7 Å². The summed E-state index contributed by atoms with van der Waals surface area (Å²) < 4.78 is 11.1. The van der Waals surface area contributed by atoms with Gasteiger partial charge in [-0.3, -0.25) is 9.59 Å². The first kappa shape index (κ1) is 24.0. The van der Waals surface area contributed by atoms with Gasteiger partial charge >= 0.3 is 0 Å². The number of benzene rings is 2. The van der Waals surface area contributed by atoms with Gasteiger partial charge in [-0.05, 0) is 31.0 Å². The van der Waals surface area contributed by atoms with Crippen molar-refractivity contribution in [2.45, 2.75) is 26.3 Å². The Morgan fingerprint density at radius 1 is 1.09 bits per heavy atom. The van der Waals surface area contributed by atoms with Crippen molar-refractivity contribution in [3.05, 3.63) is 70.8 Å². The number of aryl methyl sites for hydroxylation is 1. The molecule has 2 aromatic rings. The lowest BCUT2D eigenvalue weighted by molar-refractivity contribution is -0.907. The van der Waals surface area contributed by atoms with Crippen LogP contribution in [0.15, 0.2) is 54.1 Å². The number of aliphatic hydroxyl groups is 1. The first-order chi connectivity index (χ1) is 16.5. The van der Waals surface area contributed by atoms with E-state index in [1.54, 1.807) is 17.0 Å². The number of rotatable bonds is 8. The molecule has 0 radical (unpaired) electrons. The molecule has 34 heavy (non-hydrogen) atoms. The molecule has 1 amide bonds. The lowest BCUT2D eigenvalue weighted by Crippen LogP contribution is -3.14. The third-order valence-electron chi connectivity index (χ3n) is 6.44. The maximum absolute atomic E-state index is 13.2. The Kier molecular flexibility index (Phi) is 7.65. The van der Waals surface area contributed by atoms with Gasteiger partial charge in [0.2, 0.25) is 0 Å². The molecule has 180 valence electrons. The molecule has 0 unspecified atom stereocenters. The number of amides is 1. The van der Waals surface area contributed by atoms with Crippen molar-refractivity contribution in [3.63, 3.8) is 0 Å². The smallest absolute Gasteiger partial charge is 0.295 e. The van der Waals surface area contributed by atoms with Gasteiger partial charge in [0.05, 0.1) is 44.5 Å². The summed E-state index contributed by atoms with van der Waals surface area (Å²) in [4.78, 5) is 29.3. The summed E-state index contributed by atoms with van der Waals surface area (Å²) in [6, 6.07) is 14.1. The monoisotopic (exact) mass is 465 g/mol. The van der Waals surface area contributed by atoms with E-state index in [1.807, 2.05) is 50.2 Å². The summed E-state index contributed by atoms with van der Waals surface area (Å²) in [5.41, 5.74) is 2.47. The minimum atomic E-state index is -0.651. The molecule has 4 rings (SSSR count). The Bertz CT molecular complexity index is 1040. The third-order valence-corrected chi connectivity index (χ3v) is 6.44. The van der Waals surface area contributed by atoms with Crippen molar-refractivity contribution in [2.75, 3.05) is 46.0 Å². The minimum Gasteiger partial charge on any atom is -0.507 e.